The molecule has 1 aromatic rings. The van der Waals surface area contributed by atoms with Crippen molar-refractivity contribution in [1.82, 2.24) is 15.5 Å². The van der Waals surface area contributed by atoms with Gasteiger partial charge < -0.3 is 24.8 Å². The van der Waals surface area contributed by atoms with Crippen LogP contribution in [-0.2, 0) is 11.3 Å². The summed E-state index contributed by atoms with van der Waals surface area (Å²) in [4.78, 5) is 7.20. The molecule has 30 heavy (non-hydrogen) atoms. The average Bonchev–Trinajstić information content (AvgIpc) is 2.71. The van der Waals surface area contributed by atoms with Gasteiger partial charge in [0.1, 0.15) is 0 Å². The summed E-state index contributed by atoms with van der Waals surface area (Å²) in [6, 6.07) is 5.94. The van der Waals surface area contributed by atoms with Crippen LogP contribution in [0.5, 0.6) is 11.5 Å². The first-order chi connectivity index (χ1) is 14.0. The van der Waals surface area contributed by atoms with Crippen LogP contribution in [0.4, 0.5) is 0 Å². The van der Waals surface area contributed by atoms with Gasteiger partial charge in [-0.2, -0.15) is 0 Å². The number of aliphatic imine (C=N–C) groups is 1. The van der Waals surface area contributed by atoms with E-state index in [0.29, 0.717) is 19.1 Å². The smallest absolute Gasteiger partial charge is 0.191 e. The third-order valence-corrected chi connectivity index (χ3v) is 4.64. The van der Waals surface area contributed by atoms with E-state index in [1.54, 1.807) is 7.11 Å². The number of hydrogen-bond donors (Lipinski definition) is 2. The third kappa shape index (κ3) is 9.26. The second kappa shape index (κ2) is 14.7. The van der Waals surface area contributed by atoms with E-state index in [1.165, 1.54) is 0 Å². The molecule has 7 nitrogen and oxygen atoms in total. The highest BCUT2D eigenvalue weighted by Crippen LogP contribution is 2.28. The van der Waals surface area contributed by atoms with Crippen molar-refractivity contribution >= 4 is 29.9 Å². The van der Waals surface area contributed by atoms with Gasteiger partial charge in [-0.25, -0.2) is 4.99 Å². The number of morpholine rings is 1. The maximum absolute atomic E-state index is 5.93. The highest BCUT2D eigenvalue weighted by Gasteiger charge is 2.21. The van der Waals surface area contributed by atoms with Crippen molar-refractivity contribution in [3.63, 3.8) is 0 Å². The Morgan fingerprint density at radius 3 is 2.73 bits per heavy atom. The number of nitrogens with zero attached hydrogens (tertiary/aromatic N) is 2. The fourth-order valence-electron chi connectivity index (χ4n) is 3.39. The number of guanidine groups is 1. The molecular formula is C22H39IN4O3. The lowest BCUT2D eigenvalue weighted by atomic mass is 10.2. The van der Waals surface area contributed by atoms with Crippen molar-refractivity contribution in [1.29, 1.82) is 0 Å². The first kappa shape index (κ1) is 26.8. The summed E-state index contributed by atoms with van der Waals surface area (Å²) in [7, 11) is 1.66. The van der Waals surface area contributed by atoms with Crippen LogP contribution in [0.25, 0.3) is 0 Å². The maximum atomic E-state index is 5.93. The first-order valence-corrected chi connectivity index (χ1v) is 10.7. The van der Waals surface area contributed by atoms with E-state index in [2.05, 4.69) is 36.3 Å². The predicted octanol–water partition coefficient (Wildman–Crippen LogP) is 3.12. The fourth-order valence-corrected chi connectivity index (χ4v) is 3.39. The van der Waals surface area contributed by atoms with E-state index in [4.69, 9.17) is 19.2 Å². The number of nitrogens with one attached hydrogen (secondary N) is 2. The SMILES string of the molecule is CCNC(=NCc1ccc(OCC)c(OC)c1)NCC1CN(CC(C)C)CCO1.I. The zero-order valence-electron chi connectivity index (χ0n) is 19.1. The molecule has 2 N–H and O–H groups in total. The monoisotopic (exact) mass is 534 g/mol. The van der Waals surface area contributed by atoms with Crippen LogP contribution in [-0.4, -0.2) is 70.0 Å². The lowest BCUT2D eigenvalue weighted by Crippen LogP contribution is -2.50. The van der Waals surface area contributed by atoms with E-state index in [9.17, 15) is 0 Å². The summed E-state index contributed by atoms with van der Waals surface area (Å²) in [5, 5.41) is 6.74. The van der Waals surface area contributed by atoms with E-state index in [-0.39, 0.29) is 30.1 Å². The van der Waals surface area contributed by atoms with E-state index in [1.807, 2.05) is 25.1 Å². The van der Waals surface area contributed by atoms with Gasteiger partial charge in [0.2, 0.25) is 0 Å². The minimum Gasteiger partial charge on any atom is -0.493 e. The van der Waals surface area contributed by atoms with Crippen molar-refractivity contribution in [3.8, 4) is 11.5 Å². The van der Waals surface area contributed by atoms with Crippen molar-refractivity contribution in [2.75, 3.05) is 53.0 Å². The van der Waals surface area contributed by atoms with Gasteiger partial charge in [-0.1, -0.05) is 19.9 Å². The van der Waals surface area contributed by atoms with Gasteiger partial charge >= 0.3 is 0 Å². The van der Waals surface area contributed by atoms with Crippen LogP contribution < -0.4 is 20.1 Å². The summed E-state index contributed by atoms with van der Waals surface area (Å²) >= 11 is 0. The summed E-state index contributed by atoms with van der Waals surface area (Å²) in [5.74, 6) is 2.96. The Hall–Kier alpha value is -1.26. The number of methoxy groups -OCH3 is 1. The van der Waals surface area contributed by atoms with Gasteiger partial charge in [-0.05, 0) is 37.5 Å². The molecule has 0 amide bonds. The number of halogens is 1. The third-order valence-electron chi connectivity index (χ3n) is 4.64. The Bertz CT molecular complexity index is 643. The minimum absolute atomic E-state index is 0. The summed E-state index contributed by atoms with van der Waals surface area (Å²) in [5.41, 5.74) is 1.07. The largest absolute Gasteiger partial charge is 0.493 e. The van der Waals surface area contributed by atoms with Crippen LogP contribution in [0.3, 0.4) is 0 Å². The van der Waals surface area contributed by atoms with Crippen LogP contribution in [0.1, 0.15) is 33.3 Å². The molecule has 1 fully saturated rings. The molecule has 1 heterocycles. The van der Waals surface area contributed by atoms with Gasteiger partial charge in [0.05, 0.1) is 33.0 Å². The summed E-state index contributed by atoms with van der Waals surface area (Å²) < 4.78 is 16.9. The molecule has 1 saturated heterocycles. The van der Waals surface area contributed by atoms with Crippen molar-refractivity contribution < 1.29 is 14.2 Å². The molecule has 1 atom stereocenters. The molecule has 0 bridgehead atoms. The highest BCUT2D eigenvalue weighted by molar-refractivity contribution is 14.0. The van der Waals surface area contributed by atoms with E-state index < -0.39 is 0 Å². The van der Waals surface area contributed by atoms with Gasteiger partial charge in [0.15, 0.2) is 17.5 Å². The van der Waals surface area contributed by atoms with Crippen LogP contribution in [0.15, 0.2) is 23.2 Å². The van der Waals surface area contributed by atoms with Crippen molar-refractivity contribution in [3.05, 3.63) is 23.8 Å². The molecule has 0 spiro atoms. The fraction of sp³-hybridized carbons (Fsp3) is 0.682. The quantitative estimate of drug-likeness (QED) is 0.273. The normalized spacial score (nSPS) is 17.4. The zero-order valence-corrected chi connectivity index (χ0v) is 21.4. The molecule has 2 rings (SSSR count). The predicted molar refractivity (Wildman–Crippen MR) is 133 cm³/mol. The average molecular weight is 534 g/mol. The number of benzene rings is 1. The highest BCUT2D eigenvalue weighted by atomic mass is 127. The standard InChI is InChI=1S/C22H38N4O3.HI/c1-6-23-22(25-14-19-16-26(10-11-29-19)15-17(3)4)24-13-18-8-9-20(28-7-2)21(12-18)27-5;/h8-9,12,17,19H,6-7,10-11,13-16H2,1-5H3,(H2,23,24,25);1H. The second-order valence-electron chi connectivity index (χ2n) is 7.64. The molecule has 1 aliphatic rings. The molecule has 0 radical (unpaired) electrons. The minimum atomic E-state index is 0. The Kier molecular flexibility index (Phi) is 13.1. The van der Waals surface area contributed by atoms with Gasteiger partial charge in [-0.3, -0.25) is 4.90 Å². The van der Waals surface area contributed by atoms with Crippen LogP contribution >= 0.6 is 24.0 Å². The van der Waals surface area contributed by atoms with Gasteiger partial charge in [-0.15, -0.1) is 24.0 Å². The van der Waals surface area contributed by atoms with E-state index in [0.717, 1.165) is 62.4 Å². The summed E-state index contributed by atoms with van der Waals surface area (Å²) in [6.07, 6.45) is 0.178. The molecule has 0 aromatic heterocycles. The molecule has 8 heteroatoms. The van der Waals surface area contributed by atoms with Crippen LogP contribution in [0, 0.1) is 5.92 Å². The Morgan fingerprint density at radius 2 is 2.07 bits per heavy atom. The lowest BCUT2D eigenvalue weighted by molar-refractivity contribution is -0.0284. The summed E-state index contributed by atoms with van der Waals surface area (Å²) in [6.45, 7) is 15.2. The zero-order chi connectivity index (χ0) is 21.1. The molecule has 1 aromatic carbocycles. The Labute approximate surface area is 199 Å². The molecule has 1 unspecified atom stereocenters. The topological polar surface area (TPSA) is 67.4 Å². The number of ether oxygens (including phenoxy) is 3. The number of hydrogen-bond acceptors (Lipinski definition) is 5. The molecule has 172 valence electrons. The lowest BCUT2D eigenvalue weighted by Gasteiger charge is -2.34. The van der Waals surface area contributed by atoms with Crippen molar-refractivity contribution in [2.45, 2.75) is 40.3 Å². The van der Waals surface area contributed by atoms with Crippen LogP contribution in [0.2, 0.25) is 0 Å². The Balaban J connectivity index is 0.00000450. The molecule has 0 aliphatic carbocycles. The molecule has 0 saturated carbocycles. The van der Waals surface area contributed by atoms with Gasteiger partial charge in [0, 0.05) is 32.7 Å². The second-order valence-corrected chi connectivity index (χ2v) is 7.64. The molecular weight excluding hydrogens is 495 g/mol. The Morgan fingerprint density at radius 1 is 1.27 bits per heavy atom. The molecule has 1 aliphatic heterocycles. The number of rotatable bonds is 10. The van der Waals surface area contributed by atoms with Crippen molar-refractivity contribution in [2.24, 2.45) is 10.9 Å². The maximum Gasteiger partial charge on any atom is 0.191 e. The van der Waals surface area contributed by atoms with E-state index >= 15 is 0 Å². The van der Waals surface area contributed by atoms with Gasteiger partial charge in [0.25, 0.3) is 0 Å². The first-order valence-electron chi connectivity index (χ1n) is 10.7.